The highest BCUT2D eigenvalue weighted by Gasteiger charge is 2.36. The molecule has 1 saturated carbocycles. The van der Waals surface area contributed by atoms with E-state index < -0.39 is 0 Å². The molecule has 3 nitrogen and oxygen atoms in total. The Labute approximate surface area is 100 Å². The molecule has 1 fully saturated rings. The molecular weight excluding hydrogens is 200 g/mol. The van der Waals surface area contributed by atoms with E-state index in [1.54, 1.807) is 7.11 Å². The van der Waals surface area contributed by atoms with Crippen LogP contribution in [0, 0.1) is 11.3 Å². The van der Waals surface area contributed by atoms with Gasteiger partial charge in [0.25, 0.3) is 0 Å². The number of methoxy groups -OCH3 is 1. The van der Waals surface area contributed by atoms with Crippen LogP contribution in [0.25, 0.3) is 0 Å². The van der Waals surface area contributed by atoms with Crippen LogP contribution in [0.15, 0.2) is 0 Å². The summed E-state index contributed by atoms with van der Waals surface area (Å²) in [5.74, 6) is 6.43. The second kappa shape index (κ2) is 6.58. The van der Waals surface area contributed by atoms with Gasteiger partial charge in [0.1, 0.15) is 0 Å². The zero-order valence-corrected chi connectivity index (χ0v) is 11.1. The topological polar surface area (TPSA) is 47.3 Å². The average molecular weight is 228 g/mol. The molecule has 2 unspecified atom stereocenters. The van der Waals surface area contributed by atoms with Crippen LogP contribution in [0.2, 0.25) is 0 Å². The van der Waals surface area contributed by atoms with E-state index in [1.807, 2.05) is 0 Å². The quantitative estimate of drug-likeness (QED) is 0.417. The van der Waals surface area contributed by atoms with Crippen molar-refractivity contribution in [3.8, 4) is 0 Å². The van der Waals surface area contributed by atoms with E-state index >= 15 is 0 Å². The normalized spacial score (nSPS) is 26.6. The molecule has 1 aliphatic rings. The van der Waals surface area contributed by atoms with Crippen molar-refractivity contribution in [3.63, 3.8) is 0 Å². The van der Waals surface area contributed by atoms with E-state index in [2.05, 4.69) is 19.3 Å². The Morgan fingerprint density at radius 2 is 2.19 bits per heavy atom. The Kier molecular flexibility index (Phi) is 5.73. The molecule has 0 heterocycles. The molecular formula is C13H28N2O. The van der Waals surface area contributed by atoms with Crippen molar-refractivity contribution in [2.75, 3.05) is 13.7 Å². The molecule has 0 amide bonds. The third kappa shape index (κ3) is 3.72. The standard InChI is InChI=1S/C13H28N2O/c1-13(2)9-5-4-7-11(13)12(15-14)8-6-10-16-3/h11-12,15H,4-10,14H2,1-3H3. The maximum Gasteiger partial charge on any atom is 0.0462 e. The van der Waals surface area contributed by atoms with Gasteiger partial charge in [-0.25, -0.2) is 0 Å². The Bertz CT molecular complexity index is 194. The number of nitrogens with two attached hydrogens (primary N) is 1. The molecule has 2 atom stereocenters. The first-order chi connectivity index (χ1) is 7.61. The maximum atomic E-state index is 5.72. The third-order valence-corrected chi connectivity index (χ3v) is 4.15. The van der Waals surface area contributed by atoms with Crippen molar-refractivity contribution < 1.29 is 4.74 Å². The molecule has 1 aliphatic carbocycles. The van der Waals surface area contributed by atoms with E-state index in [-0.39, 0.29) is 0 Å². The summed E-state index contributed by atoms with van der Waals surface area (Å²) >= 11 is 0. The lowest BCUT2D eigenvalue weighted by Gasteiger charge is -2.43. The SMILES string of the molecule is COCCCC(NN)C1CCCCC1(C)C. The van der Waals surface area contributed by atoms with Gasteiger partial charge in [0.2, 0.25) is 0 Å². The first-order valence-corrected chi connectivity index (χ1v) is 6.57. The van der Waals surface area contributed by atoms with Crippen LogP contribution in [0.1, 0.15) is 52.4 Å². The summed E-state index contributed by atoms with van der Waals surface area (Å²) in [6.07, 6.45) is 7.60. The Morgan fingerprint density at radius 1 is 1.44 bits per heavy atom. The third-order valence-electron chi connectivity index (χ3n) is 4.15. The molecule has 0 radical (unpaired) electrons. The molecule has 0 spiro atoms. The van der Waals surface area contributed by atoms with Gasteiger partial charge in [0, 0.05) is 19.8 Å². The van der Waals surface area contributed by atoms with Crippen molar-refractivity contribution in [2.24, 2.45) is 17.2 Å². The monoisotopic (exact) mass is 228 g/mol. The largest absolute Gasteiger partial charge is 0.385 e. The Balaban J connectivity index is 2.49. The Morgan fingerprint density at radius 3 is 2.75 bits per heavy atom. The molecule has 0 bridgehead atoms. The fraction of sp³-hybridized carbons (Fsp3) is 1.00. The summed E-state index contributed by atoms with van der Waals surface area (Å²) in [5.41, 5.74) is 3.46. The first-order valence-electron chi connectivity index (χ1n) is 6.57. The lowest BCUT2D eigenvalue weighted by molar-refractivity contribution is 0.0888. The lowest BCUT2D eigenvalue weighted by atomic mass is 9.65. The summed E-state index contributed by atoms with van der Waals surface area (Å²) in [6.45, 7) is 5.61. The van der Waals surface area contributed by atoms with Gasteiger partial charge in [-0.05, 0) is 37.0 Å². The van der Waals surface area contributed by atoms with Gasteiger partial charge in [-0.1, -0.05) is 26.7 Å². The summed E-state index contributed by atoms with van der Waals surface area (Å²) in [4.78, 5) is 0. The van der Waals surface area contributed by atoms with E-state index in [0.717, 1.165) is 19.4 Å². The van der Waals surface area contributed by atoms with Gasteiger partial charge in [-0.2, -0.15) is 0 Å². The molecule has 1 rings (SSSR count). The summed E-state index contributed by atoms with van der Waals surface area (Å²) in [5, 5.41) is 0. The van der Waals surface area contributed by atoms with Crippen molar-refractivity contribution in [3.05, 3.63) is 0 Å². The molecule has 3 heteroatoms. The maximum absolute atomic E-state index is 5.72. The van der Waals surface area contributed by atoms with Crippen LogP contribution in [-0.4, -0.2) is 19.8 Å². The smallest absolute Gasteiger partial charge is 0.0462 e. The van der Waals surface area contributed by atoms with Crippen molar-refractivity contribution in [1.29, 1.82) is 0 Å². The number of ether oxygens (including phenoxy) is 1. The van der Waals surface area contributed by atoms with Crippen LogP contribution in [0.4, 0.5) is 0 Å². The molecule has 0 aromatic carbocycles. The number of hydrazine groups is 1. The summed E-state index contributed by atoms with van der Waals surface area (Å²) in [7, 11) is 1.76. The molecule has 16 heavy (non-hydrogen) atoms. The van der Waals surface area contributed by atoms with Crippen LogP contribution >= 0.6 is 0 Å². The molecule has 3 N–H and O–H groups in total. The number of nitrogens with one attached hydrogen (secondary N) is 1. The second-order valence-electron chi connectivity index (χ2n) is 5.75. The predicted octanol–water partition coefficient (Wildman–Crippen LogP) is 2.46. The van der Waals surface area contributed by atoms with Crippen LogP contribution in [0.5, 0.6) is 0 Å². The van der Waals surface area contributed by atoms with E-state index in [9.17, 15) is 0 Å². The van der Waals surface area contributed by atoms with Gasteiger partial charge in [-0.15, -0.1) is 0 Å². The molecule has 0 aliphatic heterocycles. The van der Waals surface area contributed by atoms with Crippen molar-refractivity contribution >= 4 is 0 Å². The fourth-order valence-electron chi connectivity index (χ4n) is 3.12. The van der Waals surface area contributed by atoms with Gasteiger partial charge in [0.15, 0.2) is 0 Å². The van der Waals surface area contributed by atoms with Crippen LogP contribution in [0.3, 0.4) is 0 Å². The minimum atomic E-state index is 0.433. The molecule has 96 valence electrons. The van der Waals surface area contributed by atoms with Gasteiger partial charge in [-0.3, -0.25) is 11.3 Å². The number of rotatable bonds is 6. The molecule has 0 aromatic heterocycles. The minimum Gasteiger partial charge on any atom is -0.385 e. The van der Waals surface area contributed by atoms with Crippen molar-refractivity contribution in [2.45, 2.75) is 58.4 Å². The fourth-order valence-corrected chi connectivity index (χ4v) is 3.12. The van der Waals surface area contributed by atoms with E-state index in [1.165, 1.54) is 25.7 Å². The van der Waals surface area contributed by atoms with Gasteiger partial charge >= 0.3 is 0 Å². The van der Waals surface area contributed by atoms with E-state index in [0.29, 0.717) is 17.4 Å². The van der Waals surface area contributed by atoms with Crippen LogP contribution in [-0.2, 0) is 4.74 Å². The highest BCUT2D eigenvalue weighted by atomic mass is 16.5. The summed E-state index contributed by atoms with van der Waals surface area (Å²) in [6, 6.07) is 0.449. The first kappa shape index (κ1) is 13.9. The average Bonchev–Trinajstić information content (AvgIpc) is 2.25. The number of hydrogen-bond acceptors (Lipinski definition) is 3. The zero-order chi connectivity index (χ0) is 12.0. The van der Waals surface area contributed by atoms with Gasteiger partial charge < -0.3 is 4.74 Å². The minimum absolute atomic E-state index is 0.433. The highest BCUT2D eigenvalue weighted by Crippen LogP contribution is 2.42. The highest BCUT2D eigenvalue weighted by molar-refractivity contribution is 4.89. The predicted molar refractivity (Wildman–Crippen MR) is 68.0 cm³/mol. The van der Waals surface area contributed by atoms with Gasteiger partial charge in [0.05, 0.1) is 0 Å². The molecule has 0 saturated heterocycles. The van der Waals surface area contributed by atoms with E-state index in [4.69, 9.17) is 10.6 Å². The van der Waals surface area contributed by atoms with Crippen LogP contribution < -0.4 is 11.3 Å². The lowest BCUT2D eigenvalue weighted by Crippen LogP contribution is -2.47. The molecule has 0 aromatic rings. The Hall–Kier alpha value is -0.120. The zero-order valence-electron chi connectivity index (χ0n) is 11.1. The number of hydrogen-bond donors (Lipinski definition) is 2. The second-order valence-corrected chi connectivity index (χ2v) is 5.75. The van der Waals surface area contributed by atoms with Crippen molar-refractivity contribution in [1.82, 2.24) is 5.43 Å². The summed E-state index contributed by atoms with van der Waals surface area (Å²) < 4.78 is 5.11.